The second-order valence-corrected chi connectivity index (χ2v) is 14.2. The van der Waals surface area contributed by atoms with Crippen LogP contribution >= 0.6 is 0 Å². The standard InChI is InChI=1S/C26H36N2O5S2/c1-4-20-5-7-22(8-6-20)28(18-19(2)3)35(32,33)23-9-10-25-24(17-23)26(29)11-14-27(25)21-12-15-34(30,31)16-13-21/h5-10,17,19,21,26,29H,4,11-16,18H2,1-3H3. The van der Waals surface area contributed by atoms with Crippen molar-refractivity contribution in [1.82, 2.24) is 0 Å². The third kappa shape index (κ3) is 5.52. The fraction of sp³-hybridized carbons (Fsp3) is 0.538. The van der Waals surface area contributed by atoms with Gasteiger partial charge in [0.1, 0.15) is 9.84 Å². The van der Waals surface area contributed by atoms with Crippen molar-refractivity contribution in [2.75, 3.05) is 33.8 Å². The normalized spacial score (nSPS) is 20.6. The fourth-order valence-corrected chi connectivity index (χ4v) is 8.16. The Kier molecular flexibility index (Phi) is 7.50. The average Bonchev–Trinajstić information content (AvgIpc) is 2.83. The number of hydrogen-bond donors (Lipinski definition) is 1. The summed E-state index contributed by atoms with van der Waals surface area (Å²) in [5.41, 5.74) is 3.16. The molecule has 0 radical (unpaired) electrons. The van der Waals surface area contributed by atoms with Crippen LogP contribution in [0, 0.1) is 5.92 Å². The van der Waals surface area contributed by atoms with Crippen molar-refractivity contribution in [2.24, 2.45) is 5.92 Å². The first-order valence-electron chi connectivity index (χ1n) is 12.4. The van der Waals surface area contributed by atoms with E-state index in [4.69, 9.17) is 0 Å². The summed E-state index contributed by atoms with van der Waals surface area (Å²) < 4.78 is 52.9. The van der Waals surface area contributed by atoms with Crippen LogP contribution in [0.5, 0.6) is 0 Å². The van der Waals surface area contributed by atoms with Crippen molar-refractivity contribution in [3.63, 3.8) is 0 Å². The molecule has 192 valence electrons. The molecule has 0 spiro atoms. The van der Waals surface area contributed by atoms with E-state index in [1.54, 1.807) is 18.2 Å². The van der Waals surface area contributed by atoms with Crippen LogP contribution in [0.3, 0.4) is 0 Å². The van der Waals surface area contributed by atoms with Crippen LogP contribution in [0.15, 0.2) is 47.4 Å². The molecular weight excluding hydrogens is 484 g/mol. The molecule has 2 aromatic rings. The minimum Gasteiger partial charge on any atom is -0.388 e. The molecule has 9 heteroatoms. The van der Waals surface area contributed by atoms with Crippen molar-refractivity contribution in [2.45, 2.75) is 63.5 Å². The number of nitrogens with zero attached hydrogens (tertiary/aromatic N) is 2. The van der Waals surface area contributed by atoms with Crippen molar-refractivity contribution in [1.29, 1.82) is 0 Å². The number of rotatable bonds is 7. The van der Waals surface area contributed by atoms with Crippen molar-refractivity contribution >= 4 is 31.2 Å². The summed E-state index contributed by atoms with van der Waals surface area (Å²) in [7, 11) is -6.84. The first-order chi connectivity index (χ1) is 16.5. The zero-order valence-electron chi connectivity index (χ0n) is 20.7. The lowest BCUT2D eigenvalue weighted by Crippen LogP contribution is -2.44. The minimum atomic E-state index is -3.86. The quantitative estimate of drug-likeness (QED) is 0.595. The molecule has 35 heavy (non-hydrogen) atoms. The van der Waals surface area contributed by atoms with Gasteiger partial charge in [0, 0.05) is 30.4 Å². The maximum absolute atomic E-state index is 13.8. The van der Waals surface area contributed by atoms with Gasteiger partial charge in [-0.15, -0.1) is 0 Å². The number of benzene rings is 2. The molecule has 1 N–H and O–H groups in total. The molecule has 1 atom stereocenters. The highest BCUT2D eigenvalue weighted by Crippen LogP contribution is 2.39. The lowest BCUT2D eigenvalue weighted by Gasteiger charge is -2.41. The van der Waals surface area contributed by atoms with Gasteiger partial charge in [0.05, 0.1) is 28.2 Å². The SMILES string of the molecule is CCc1ccc(N(CC(C)C)S(=O)(=O)c2ccc3c(c2)C(O)CCN3C2CCS(=O)(=O)CC2)cc1. The van der Waals surface area contributed by atoms with Crippen LogP contribution in [0.1, 0.15) is 57.3 Å². The Morgan fingerprint density at radius 3 is 2.31 bits per heavy atom. The number of anilines is 2. The molecule has 4 rings (SSSR count). The van der Waals surface area contributed by atoms with Gasteiger partial charge in [-0.1, -0.05) is 32.9 Å². The molecule has 2 aliphatic heterocycles. The molecule has 2 heterocycles. The molecule has 0 aromatic heterocycles. The van der Waals surface area contributed by atoms with Crippen LogP contribution in [0.2, 0.25) is 0 Å². The molecule has 1 unspecified atom stereocenters. The fourth-order valence-electron chi connectivity index (χ4n) is 5.03. The second kappa shape index (κ2) is 10.1. The number of sulfone groups is 1. The van der Waals surface area contributed by atoms with Gasteiger partial charge in [-0.05, 0) is 67.5 Å². The van der Waals surface area contributed by atoms with E-state index >= 15 is 0 Å². The van der Waals surface area contributed by atoms with Crippen molar-refractivity contribution in [3.05, 3.63) is 53.6 Å². The first kappa shape index (κ1) is 26.0. The van der Waals surface area contributed by atoms with Gasteiger partial charge in [-0.25, -0.2) is 16.8 Å². The summed E-state index contributed by atoms with van der Waals surface area (Å²) >= 11 is 0. The molecule has 0 aliphatic carbocycles. The van der Waals surface area contributed by atoms with E-state index in [2.05, 4.69) is 11.8 Å². The zero-order valence-corrected chi connectivity index (χ0v) is 22.4. The van der Waals surface area contributed by atoms with Crippen LogP contribution < -0.4 is 9.21 Å². The molecule has 0 saturated carbocycles. The smallest absolute Gasteiger partial charge is 0.264 e. The van der Waals surface area contributed by atoms with Crippen LogP contribution in [-0.2, 0) is 26.3 Å². The molecule has 2 aliphatic rings. The predicted octanol–water partition coefficient (Wildman–Crippen LogP) is 3.92. The Morgan fingerprint density at radius 2 is 1.71 bits per heavy atom. The number of aliphatic hydroxyl groups excluding tert-OH is 1. The Balaban J connectivity index is 1.69. The van der Waals surface area contributed by atoms with Gasteiger partial charge in [-0.2, -0.15) is 0 Å². The Bertz CT molecular complexity index is 1240. The van der Waals surface area contributed by atoms with Gasteiger partial charge in [0.15, 0.2) is 0 Å². The largest absolute Gasteiger partial charge is 0.388 e. The molecule has 0 amide bonds. The first-order valence-corrected chi connectivity index (χ1v) is 15.7. The Labute approximate surface area is 209 Å². The topological polar surface area (TPSA) is 95.0 Å². The minimum absolute atomic E-state index is 0.0711. The maximum Gasteiger partial charge on any atom is 0.264 e. The van der Waals surface area contributed by atoms with E-state index in [1.165, 1.54) is 4.31 Å². The van der Waals surface area contributed by atoms with Gasteiger partial charge in [0.25, 0.3) is 10.0 Å². The number of hydrogen-bond acceptors (Lipinski definition) is 6. The summed E-state index contributed by atoms with van der Waals surface area (Å²) in [6.45, 7) is 7.00. The second-order valence-electron chi connectivity index (χ2n) is 10.1. The van der Waals surface area contributed by atoms with Crippen molar-refractivity contribution in [3.8, 4) is 0 Å². The third-order valence-electron chi connectivity index (χ3n) is 7.03. The van der Waals surface area contributed by atoms with Crippen molar-refractivity contribution < 1.29 is 21.9 Å². The highest BCUT2D eigenvalue weighted by atomic mass is 32.2. The number of sulfonamides is 1. The molecule has 2 aromatic carbocycles. The lowest BCUT2D eigenvalue weighted by molar-refractivity contribution is 0.162. The average molecular weight is 521 g/mol. The maximum atomic E-state index is 13.8. The molecule has 0 bridgehead atoms. The summed E-state index contributed by atoms with van der Waals surface area (Å²) in [5, 5.41) is 10.8. The predicted molar refractivity (Wildman–Crippen MR) is 140 cm³/mol. The molecule has 7 nitrogen and oxygen atoms in total. The van der Waals surface area contributed by atoms with E-state index in [-0.39, 0.29) is 28.4 Å². The van der Waals surface area contributed by atoms with E-state index in [0.29, 0.717) is 43.6 Å². The van der Waals surface area contributed by atoms with Gasteiger partial charge in [0.2, 0.25) is 0 Å². The van der Waals surface area contributed by atoms with E-state index < -0.39 is 26.0 Å². The third-order valence-corrected chi connectivity index (χ3v) is 10.5. The van der Waals surface area contributed by atoms with E-state index in [1.807, 2.05) is 38.1 Å². The molecule has 1 fully saturated rings. The summed E-state index contributed by atoms with van der Waals surface area (Å²) in [6.07, 6.45) is 1.70. The van der Waals surface area contributed by atoms with Crippen LogP contribution in [0.4, 0.5) is 11.4 Å². The van der Waals surface area contributed by atoms with E-state index in [0.717, 1.165) is 17.7 Å². The number of aliphatic hydroxyl groups is 1. The van der Waals surface area contributed by atoms with Gasteiger partial charge in [-0.3, -0.25) is 4.31 Å². The summed E-state index contributed by atoms with van der Waals surface area (Å²) in [5.74, 6) is 0.454. The lowest BCUT2D eigenvalue weighted by atomic mass is 9.96. The monoisotopic (exact) mass is 520 g/mol. The van der Waals surface area contributed by atoms with Crippen LogP contribution in [0.25, 0.3) is 0 Å². The molecular formula is C26H36N2O5S2. The Morgan fingerprint density at radius 1 is 1.06 bits per heavy atom. The summed E-state index contributed by atoms with van der Waals surface area (Å²) in [4.78, 5) is 2.31. The van der Waals surface area contributed by atoms with Gasteiger partial charge < -0.3 is 10.0 Å². The van der Waals surface area contributed by atoms with Gasteiger partial charge >= 0.3 is 0 Å². The molecule has 1 saturated heterocycles. The van der Waals surface area contributed by atoms with Crippen LogP contribution in [-0.4, -0.2) is 52.6 Å². The highest BCUT2D eigenvalue weighted by molar-refractivity contribution is 7.92. The number of aryl methyl sites for hydroxylation is 1. The zero-order chi connectivity index (χ0) is 25.4. The number of fused-ring (bicyclic) bond motifs is 1. The Hall–Kier alpha value is -2.10. The highest BCUT2D eigenvalue weighted by Gasteiger charge is 2.34. The summed E-state index contributed by atoms with van der Waals surface area (Å²) in [6, 6.07) is 12.7. The van der Waals surface area contributed by atoms with E-state index in [9.17, 15) is 21.9 Å².